The molecule has 0 radical (unpaired) electrons. The number of aromatic nitrogens is 3. The lowest BCUT2D eigenvalue weighted by Crippen LogP contribution is -2.49. The van der Waals surface area contributed by atoms with Crippen molar-refractivity contribution in [1.29, 1.82) is 0 Å². The van der Waals surface area contributed by atoms with Crippen LogP contribution in [0.3, 0.4) is 0 Å². The zero-order chi connectivity index (χ0) is 21.8. The van der Waals surface area contributed by atoms with Crippen LogP contribution in [0, 0.1) is 0 Å². The Labute approximate surface area is 190 Å². The molecule has 160 valence electrons. The predicted octanol–water partition coefficient (Wildman–Crippen LogP) is 4.11. The third-order valence-corrected chi connectivity index (χ3v) is 6.33. The molecule has 5 rings (SSSR count). The number of para-hydroxylation sites is 1. The highest BCUT2D eigenvalue weighted by molar-refractivity contribution is 8.00. The van der Waals surface area contributed by atoms with Crippen molar-refractivity contribution in [3.63, 3.8) is 0 Å². The molecule has 8 heteroatoms. The standard InChI is InChI=1S/C24H22N6OS/c31-24(30-15-13-29(14-16-30)22-17-25-11-12-26-22)19-6-8-20(9-7-19)28-32-21-5-1-3-18-4-2-10-27-23(18)21/h1-12,17,28H,13-16H2. The molecule has 1 amide bonds. The second-order valence-electron chi connectivity index (χ2n) is 7.46. The fourth-order valence-corrected chi connectivity index (χ4v) is 4.51. The van der Waals surface area contributed by atoms with E-state index in [-0.39, 0.29) is 5.91 Å². The highest BCUT2D eigenvalue weighted by Gasteiger charge is 2.22. The fourth-order valence-electron chi connectivity index (χ4n) is 3.73. The second-order valence-corrected chi connectivity index (χ2v) is 8.30. The summed E-state index contributed by atoms with van der Waals surface area (Å²) in [6.45, 7) is 2.83. The molecule has 2 aromatic carbocycles. The van der Waals surface area contributed by atoms with Crippen molar-refractivity contribution in [2.75, 3.05) is 35.8 Å². The Balaban J connectivity index is 1.19. The van der Waals surface area contributed by atoms with Gasteiger partial charge in [-0.05, 0) is 48.3 Å². The van der Waals surface area contributed by atoms with Crippen molar-refractivity contribution >= 4 is 40.3 Å². The Bertz CT molecular complexity index is 1200. The van der Waals surface area contributed by atoms with E-state index < -0.39 is 0 Å². The number of benzene rings is 2. The summed E-state index contributed by atoms with van der Waals surface area (Å²) in [5, 5.41) is 1.11. The maximum Gasteiger partial charge on any atom is 0.253 e. The monoisotopic (exact) mass is 442 g/mol. The van der Waals surface area contributed by atoms with Crippen LogP contribution in [0.2, 0.25) is 0 Å². The number of pyridine rings is 1. The van der Waals surface area contributed by atoms with Crippen molar-refractivity contribution in [3.05, 3.63) is 84.9 Å². The summed E-state index contributed by atoms with van der Waals surface area (Å²) in [6, 6.07) is 17.8. The third kappa shape index (κ3) is 4.36. The van der Waals surface area contributed by atoms with Crippen LogP contribution in [-0.2, 0) is 0 Å². The van der Waals surface area contributed by atoms with Crippen LogP contribution in [0.1, 0.15) is 10.4 Å². The lowest BCUT2D eigenvalue weighted by Gasteiger charge is -2.35. The first-order chi connectivity index (χ1) is 15.8. The predicted molar refractivity (Wildman–Crippen MR) is 128 cm³/mol. The topological polar surface area (TPSA) is 74.2 Å². The highest BCUT2D eigenvalue weighted by Crippen LogP contribution is 2.27. The number of amides is 1. The first-order valence-electron chi connectivity index (χ1n) is 10.4. The molecule has 0 aliphatic carbocycles. The van der Waals surface area contributed by atoms with Crippen LogP contribution < -0.4 is 9.62 Å². The Hall–Kier alpha value is -3.65. The molecule has 2 aromatic heterocycles. The number of nitrogens with one attached hydrogen (secondary N) is 1. The zero-order valence-corrected chi connectivity index (χ0v) is 18.2. The van der Waals surface area contributed by atoms with Gasteiger partial charge in [-0.25, -0.2) is 4.98 Å². The molecular weight excluding hydrogens is 420 g/mol. The number of nitrogens with zero attached hydrogens (tertiary/aromatic N) is 5. The van der Waals surface area contributed by atoms with Gasteiger partial charge in [0.1, 0.15) is 5.82 Å². The summed E-state index contributed by atoms with van der Waals surface area (Å²) in [7, 11) is 0. The molecule has 1 fully saturated rings. The first kappa shape index (κ1) is 20.3. The summed E-state index contributed by atoms with van der Waals surface area (Å²) in [5.41, 5.74) is 2.60. The number of fused-ring (bicyclic) bond motifs is 1. The lowest BCUT2D eigenvalue weighted by atomic mass is 10.1. The SMILES string of the molecule is O=C(c1ccc(NSc2cccc3cccnc23)cc1)N1CCN(c2cnccn2)CC1. The molecule has 1 aliphatic heterocycles. The van der Waals surface area contributed by atoms with Crippen LogP contribution in [0.15, 0.2) is 84.3 Å². The van der Waals surface area contributed by atoms with Crippen molar-refractivity contribution in [1.82, 2.24) is 19.9 Å². The van der Waals surface area contributed by atoms with E-state index in [0.29, 0.717) is 18.7 Å². The van der Waals surface area contributed by atoms with Crippen molar-refractivity contribution in [2.24, 2.45) is 0 Å². The van der Waals surface area contributed by atoms with Gasteiger partial charge in [-0.15, -0.1) is 0 Å². The summed E-state index contributed by atoms with van der Waals surface area (Å²) < 4.78 is 3.35. The summed E-state index contributed by atoms with van der Waals surface area (Å²) >= 11 is 1.52. The molecule has 1 N–H and O–H groups in total. The molecule has 0 atom stereocenters. The minimum atomic E-state index is 0.0567. The van der Waals surface area contributed by atoms with E-state index in [1.165, 1.54) is 11.9 Å². The van der Waals surface area contributed by atoms with E-state index in [1.807, 2.05) is 47.4 Å². The second kappa shape index (κ2) is 9.23. The normalized spacial score (nSPS) is 13.9. The molecular formula is C24H22N6OS. The fraction of sp³-hybridized carbons (Fsp3) is 0.167. The number of rotatable bonds is 5. The maximum absolute atomic E-state index is 12.9. The average molecular weight is 443 g/mol. The maximum atomic E-state index is 12.9. The quantitative estimate of drug-likeness (QED) is 0.466. The third-order valence-electron chi connectivity index (χ3n) is 5.45. The molecule has 32 heavy (non-hydrogen) atoms. The van der Waals surface area contributed by atoms with Gasteiger partial charge in [-0.2, -0.15) is 0 Å². The van der Waals surface area contributed by atoms with Crippen LogP contribution in [0.5, 0.6) is 0 Å². The van der Waals surface area contributed by atoms with Crippen LogP contribution in [0.4, 0.5) is 11.5 Å². The van der Waals surface area contributed by atoms with Crippen molar-refractivity contribution in [3.8, 4) is 0 Å². The van der Waals surface area contributed by atoms with Crippen LogP contribution >= 0.6 is 11.9 Å². The van der Waals surface area contributed by atoms with Crippen molar-refractivity contribution < 1.29 is 4.79 Å². The number of hydrogen-bond acceptors (Lipinski definition) is 7. The largest absolute Gasteiger partial charge is 0.352 e. The van der Waals surface area contributed by atoms with Crippen LogP contribution in [0.25, 0.3) is 10.9 Å². The molecule has 0 unspecified atom stereocenters. The minimum Gasteiger partial charge on any atom is -0.352 e. The summed E-state index contributed by atoms with van der Waals surface area (Å²) in [4.78, 5) is 31.0. The zero-order valence-electron chi connectivity index (χ0n) is 17.4. The molecule has 1 aliphatic rings. The van der Waals surface area contributed by atoms with Gasteiger partial charge < -0.3 is 14.5 Å². The molecule has 0 spiro atoms. The van der Waals surface area contributed by atoms with E-state index in [9.17, 15) is 4.79 Å². The van der Waals surface area contributed by atoms with Gasteiger partial charge in [-0.3, -0.25) is 14.8 Å². The molecule has 3 heterocycles. The van der Waals surface area contributed by atoms with Gasteiger partial charge >= 0.3 is 0 Å². The van der Waals surface area contributed by atoms with Crippen molar-refractivity contribution in [2.45, 2.75) is 4.90 Å². The molecule has 7 nitrogen and oxygen atoms in total. The number of carbonyl (C=O) groups excluding carboxylic acids is 1. The van der Waals surface area contributed by atoms with E-state index in [1.54, 1.807) is 24.8 Å². The number of anilines is 2. The molecule has 4 aromatic rings. The first-order valence-corrected chi connectivity index (χ1v) is 11.3. The van der Waals surface area contributed by atoms with Crippen LogP contribution in [-0.4, -0.2) is 51.9 Å². The van der Waals surface area contributed by atoms with Gasteiger partial charge in [0.05, 0.1) is 16.6 Å². The summed E-state index contributed by atoms with van der Waals surface area (Å²) in [6.07, 6.45) is 6.92. The average Bonchev–Trinajstić information content (AvgIpc) is 2.88. The Morgan fingerprint density at radius 2 is 1.69 bits per heavy atom. The minimum absolute atomic E-state index is 0.0567. The Morgan fingerprint density at radius 1 is 0.875 bits per heavy atom. The molecule has 0 saturated carbocycles. The summed E-state index contributed by atoms with van der Waals surface area (Å²) in [5.74, 6) is 0.912. The Morgan fingerprint density at radius 3 is 2.47 bits per heavy atom. The smallest absolute Gasteiger partial charge is 0.253 e. The van der Waals surface area contributed by atoms with Gasteiger partial charge in [0.25, 0.3) is 5.91 Å². The van der Waals surface area contributed by atoms with E-state index in [0.717, 1.165) is 40.4 Å². The Kier molecular flexibility index (Phi) is 5.85. The van der Waals surface area contributed by atoms with Gasteiger partial charge in [0.2, 0.25) is 0 Å². The molecule has 0 bridgehead atoms. The van der Waals surface area contributed by atoms with Gasteiger partial charge in [-0.1, -0.05) is 18.2 Å². The number of piperazine rings is 1. The number of hydrogen-bond donors (Lipinski definition) is 1. The van der Waals surface area contributed by atoms with E-state index in [4.69, 9.17) is 0 Å². The van der Waals surface area contributed by atoms with E-state index >= 15 is 0 Å². The lowest BCUT2D eigenvalue weighted by molar-refractivity contribution is 0.0746. The molecule has 1 saturated heterocycles. The van der Waals surface area contributed by atoms with E-state index in [2.05, 4.69) is 36.7 Å². The van der Waals surface area contributed by atoms with Gasteiger partial charge in [0.15, 0.2) is 0 Å². The number of carbonyl (C=O) groups is 1. The highest BCUT2D eigenvalue weighted by atomic mass is 32.2. The van der Waals surface area contributed by atoms with Gasteiger partial charge in [0, 0.05) is 61.4 Å².